The van der Waals surface area contributed by atoms with Crippen molar-refractivity contribution in [3.8, 4) is 0 Å². The number of esters is 1. The summed E-state index contributed by atoms with van der Waals surface area (Å²) in [6.07, 6.45) is 0.893. The van der Waals surface area contributed by atoms with Crippen LogP contribution >= 0.6 is 0 Å². The first kappa shape index (κ1) is 19.6. The number of nitrogens with one attached hydrogen (secondary N) is 1. The predicted molar refractivity (Wildman–Crippen MR) is 107 cm³/mol. The molecule has 1 atom stereocenters. The van der Waals surface area contributed by atoms with Crippen LogP contribution in [0.1, 0.15) is 24.5 Å². The second-order valence-corrected chi connectivity index (χ2v) is 6.91. The first-order chi connectivity index (χ1) is 13.5. The van der Waals surface area contributed by atoms with Crippen molar-refractivity contribution in [1.29, 1.82) is 0 Å². The van der Waals surface area contributed by atoms with Crippen molar-refractivity contribution >= 4 is 29.2 Å². The SMILES string of the molecule is CCc1ccccc1N1C[C@H](C(=O)OCC(=O)Nc2cccc(C)c2)CC1=O. The van der Waals surface area contributed by atoms with Crippen LogP contribution in [0.15, 0.2) is 48.5 Å². The van der Waals surface area contributed by atoms with E-state index in [9.17, 15) is 14.4 Å². The average Bonchev–Trinajstić information content (AvgIpc) is 3.07. The first-order valence-electron chi connectivity index (χ1n) is 9.39. The molecule has 6 heteroatoms. The Labute approximate surface area is 164 Å². The topological polar surface area (TPSA) is 75.7 Å². The van der Waals surface area contributed by atoms with Gasteiger partial charge in [0.05, 0.1) is 5.92 Å². The Balaban J connectivity index is 1.55. The lowest BCUT2D eigenvalue weighted by molar-refractivity contribution is -0.151. The van der Waals surface area contributed by atoms with E-state index in [1.807, 2.05) is 56.3 Å². The number of hydrogen-bond acceptors (Lipinski definition) is 4. The number of carbonyl (C=O) groups is 3. The van der Waals surface area contributed by atoms with E-state index in [-0.39, 0.29) is 25.5 Å². The highest BCUT2D eigenvalue weighted by atomic mass is 16.5. The van der Waals surface area contributed by atoms with E-state index in [0.717, 1.165) is 23.2 Å². The molecule has 0 spiro atoms. The molecule has 0 unspecified atom stereocenters. The summed E-state index contributed by atoms with van der Waals surface area (Å²) in [5.41, 5.74) is 3.57. The lowest BCUT2D eigenvalue weighted by Crippen LogP contribution is -2.28. The monoisotopic (exact) mass is 380 g/mol. The molecule has 6 nitrogen and oxygen atoms in total. The maximum atomic E-state index is 12.4. The molecular weight excluding hydrogens is 356 g/mol. The van der Waals surface area contributed by atoms with Crippen molar-refractivity contribution in [2.45, 2.75) is 26.7 Å². The van der Waals surface area contributed by atoms with Gasteiger partial charge in [0, 0.05) is 24.3 Å². The lowest BCUT2D eigenvalue weighted by atomic mass is 10.1. The van der Waals surface area contributed by atoms with Gasteiger partial charge in [-0.3, -0.25) is 14.4 Å². The summed E-state index contributed by atoms with van der Waals surface area (Å²) in [6, 6.07) is 15.0. The zero-order valence-electron chi connectivity index (χ0n) is 16.1. The zero-order chi connectivity index (χ0) is 20.1. The Bertz CT molecular complexity index is 894. The highest BCUT2D eigenvalue weighted by Crippen LogP contribution is 2.29. The van der Waals surface area contributed by atoms with Crippen LogP contribution in [0.5, 0.6) is 0 Å². The van der Waals surface area contributed by atoms with Gasteiger partial charge in [-0.2, -0.15) is 0 Å². The fourth-order valence-corrected chi connectivity index (χ4v) is 3.35. The Morgan fingerprint density at radius 1 is 1.18 bits per heavy atom. The van der Waals surface area contributed by atoms with Crippen molar-refractivity contribution in [3.05, 3.63) is 59.7 Å². The summed E-state index contributed by atoms with van der Waals surface area (Å²) >= 11 is 0. The fraction of sp³-hybridized carbons (Fsp3) is 0.318. The highest BCUT2D eigenvalue weighted by Gasteiger charge is 2.36. The van der Waals surface area contributed by atoms with Gasteiger partial charge in [-0.05, 0) is 42.7 Å². The molecule has 146 valence electrons. The van der Waals surface area contributed by atoms with Crippen LogP contribution in [0.25, 0.3) is 0 Å². The van der Waals surface area contributed by atoms with Gasteiger partial charge in [0.15, 0.2) is 6.61 Å². The molecule has 1 fully saturated rings. The Morgan fingerprint density at radius 2 is 1.96 bits per heavy atom. The van der Waals surface area contributed by atoms with Gasteiger partial charge >= 0.3 is 5.97 Å². The van der Waals surface area contributed by atoms with E-state index < -0.39 is 17.8 Å². The normalized spacial score (nSPS) is 16.1. The van der Waals surface area contributed by atoms with E-state index in [1.165, 1.54) is 0 Å². The molecule has 3 rings (SSSR count). The third kappa shape index (κ3) is 4.57. The van der Waals surface area contributed by atoms with Gasteiger partial charge in [-0.15, -0.1) is 0 Å². The van der Waals surface area contributed by atoms with Gasteiger partial charge in [-0.1, -0.05) is 37.3 Å². The van der Waals surface area contributed by atoms with Crippen LogP contribution in [-0.4, -0.2) is 30.9 Å². The largest absolute Gasteiger partial charge is 0.455 e. The molecule has 2 aromatic carbocycles. The number of para-hydroxylation sites is 1. The van der Waals surface area contributed by atoms with Crippen molar-refractivity contribution in [2.24, 2.45) is 5.92 Å². The number of amides is 2. The van der Waals surface area contributed by atoms with Crippen molar-refractivity contribution in [3.63, 3.8) is 0 Å². The number of carbonyl (C=O) groups excluding carboxylic acids is 3. The number of hydrogen-bond donors (Lipinski definition) is 1. The lowest BCUT2D eigenvalue weighted by Gasteiger charge is -2.19. The summed E-state index contributed by atoms with van der Waals surface area (Å²) in [6.45, 7) is 3.85. The third-order valence-electron chi connectivity index (χ3n) is 4.77. The summed E-state index contributed by atoms with van der Waals surface area (Å²) < 4.78 is 5.15. The number of ether oxygens (including phenoxy) is 1. The standard InChI is InChI=1S/C22H24N2O4/c1-3-16-8-4-5-10-19(16)24-13-17(12-21(24)26)22(27)28-14-20(25)23-18-9-6-7-15(2)11-18/h4-11,17H,3,12-14H2,1-2H3,(H,23,25)/t17-/m1/s1. The van der Waals surface area contributed by atoms with Gasteiger partial charge in [0.1, 0.15) is 0 Å². The van der Waals surface area contributed by atoms with Gasteiger partial charge < -0.3 is 15.0 Å². The minimum Gasteiger partial charge on any atom is -0.455 e. The molecular formula is C22H24N2O4. The smallest absolute Gasteiger partial charge is 0.311 e. The zero-order valence-corrected chi connectivity index (χ0v) is 16.1. The number of anilines is 2. The third-order valence-corrected chi connectivity index (χ3v) is 4.77. The van der Waals surface area contributed by atoms with Crippen LogP contribution in [0, 0.1) is 12.8 Å². The van der Waals surface area contributed by atoms with Gasteiger partial charge in [-0.25, -0.2) is 0 Å². The summed E-state index contributed by atoms with van der Waals surface area (Å²) in [7, 11) is 0. The number of aryl methyl sites for hydroxylation is 2. The summed E-state index contributed by atoms with van der Waals surface area (Å²) in [5, 5.41) is 2.69. The molecule has 0 aromatic heterocycles. The molecule has 1 aliphatic heterocycles. The molecule has 0 radical (unpaired) electrons. The molecule has 0 saturated carbocycles. The highest BCUT2D eigenvalue weighted by molar-refractivity contribution is 6.00. The van der Waals surface area contributed by atoms with Crippen molar-refractivity contribution in [1.82, 2.24) is 0 Å². The first-order valence-corrected chi connectivity index (χ1v) is 9.39. The second kappa shape index (κ2) is 8.69. The molecule has 0 aliphatic carbocycles. The molecule has 1 N–H and O–H groups in total. The van der Waals surface area contributed by atoms with E-state index in [1.54, 1.807) is 11.0 Å². The van der Waals surface area contributed by atoms with E-state index in [0.29, 0.717) is 5.69 Å². The molecule has 1 saturated heterocycles. The number of nitrogens with zero attached hydrogens (tertiary/aromatic N) is 1. The van der Waals surface area contributed by atoms with E-state index in [4.69, 9.17) is 4.74 Å². The fourth-order valence-electron chi connectivity index (χ4n) is 3.35. The summed E-state index contributed by atoms with van der Waals surface area (Å²) in [5.74, 6) is -1.60. The van der Waals surface area contributed by atoms with Crippen LogP contribution in [0.3, 0.4) is 0 Å². The Morgan fingerprint density at radius 3 is 2.71 bits per heavy atom. The quantitative estimate of drug-likeness (QED) is 0.782. The van der Waals surface area contributed by atoms with Crippen LogP contribution < -0.4 is 10.2 Å². The minimum atomic E-state index is -0.566. The van der Waals surface area contributed by atoms with Crippen LogP contribution in [-0.2, 0) is 25.5 Å². The average molecular weight is 380 g/mol. The van der Waals surface area contributed by atoms with E-state index >= 15 is 0 Å². The number of rotatable bonds is 6. The van der Waals surface area contributed by atoms with Crippen molar-refractivity contribution in [2.75, 3.05) is 23.4 Å². The molecule has 2 aromatic rings. The van der Waals surface area contributed by atoms with E-state index in [2.05, 4.69) is 5.32 Å². The summed E-state index contributed by atoms with van der Waals surface area (Å²) in [4.78, 5) is 38.4. The van der Waals surface area contributed by atoms with Crippen molar-refractivity contribution < 1.29 is 19.1 Å². The second-order valence-electron chi connectivity index (χ2n) is 6.91. The molecule has 1 aliphatic rings. The molecule has 2 amide bonds. The minimum absolute atomic E-state index is 0.0936. The van der Waals surface area contributed by atoms with Crippen LogP contribution in [0.2, 0.25) is 0 Å². The van der Waals surface area contributed by atoms with Crippen LogP contribution in [0.4, 0.5) is 11.4 Å². The molecule has 0 bridgehead atoms. The predicted octanol–water partition coefficient (Wildman–Crippen LogP) is 3.09. The Kier molecular flexibility index (Phi) is 6.09. The van der Waals surface area contributed by atoms with Gasteiger partial charge in [0.25, 0.3) is 5.91 Å². The van der Waals surface area contributed by atoms with Gasteiger partial charge in [0.2, 0.25) is 5.91 Å². The molecule has 1 heterocycles. The number of benzene rings is 2. The Hall–Kier alpha value is -3.15. The maximum Gasteiger partial charge on any atom is 0.311 e. The maximum absolute atomic E-state index is 12.4. The molecule has 28 heavy (non-hydrogen) atoms.